The molecule has 0 saturated heterocycles. The number of nitrogens with zero attached hydrogens (tertiary/aromatic N) is 2. The van der Waals surface area contributed by atoms with Crippen LogP contribution in [0.3, 0.4) is 0 Å². The van der Waals surface area contributed by atoms with Crippen LogP contribution in [0.2, 0.25) is 0 Å². The average Bonchev–Trinajstić information content (AvgIpc) is 2.64. The molecule has 6 heteroatoms. The van der Waals surface area contributed by atoms with Gasteiger partial charge in [0.2, 0.25) is 0 Å². The molecule has 0 amide bonds. The minimum absolute atomic E-state index is 0.107. The molecule has 114 valence electrons. The lowest BCUT2D eigenvalue weighted by Gasteiger charge is -2.50. The van der Waals surface area contributed by atoms with Crippen LogP contribution in [0.5, 0.6) is 0 Å². The Bertz CT molecular complexity index is 438. The molecule has 0 spiro atoms. The molecule has 1 aromatic heterocycles. The number of furan rings is 1. The standard InChI is InChI=1S/C14H23Br2N3O/c1-18(2)14(5-4-6-14)9-19(3)11(8-17)12-7-10(15)13(16)20-12/h7,11H,4-6,8-9,17H2,1-3H3. The first kappa shape index (κ1) is 16.5. The fourth-order valence-corrected chi connectivity index (χ4v) is 3.55. The number of hydrogen-bond donors (Lipinski definition) is 1. The summed E-state index contributed by atoms with van der Waals surface area (Å²) in [7, 11) is 6.47. The smallest absolute Gasteiger partial charge is 0.183 e. The zero-order chi connectivity index (χ0) is 14.9. The summed E-state index contributed by atoms with van der Waals surface area (Å²) >= 11 is 6.86. The summed E-state index contributed by atoms with van der Waals surface area (Å²) < 4.78 is 7.41. The highest BCUT2D eigenvalue weighted by Gasteiger charge is 2.41. The third-order valence-electron chi connectivity index (χ3n) is 4.52. The largest absolute Gasteiger partial charge is 0.451 e. The minimum Gasteiger partial charge on any atom is -0.451 e. The van der Waals surface area contributed by atoms with Crippen LogP contribution in [0.4, 0.5) is 0 Å². The summed E-state index contributed by atoms with van der Waals surface area (Å²) in [5.41, 5.74) is 6.27. The van der Waals surface area contributed by atoms with Gasteiger partial charge in [-0.2, -0.15) is 0 Å². The maximum Gasteiger partial charge on any atom is 0.183 e. The van der Waals surface area contributed by atoms with Crippen molar-refractivity contribution in [2.24, 2.45) is 5.73 Å². The van der Waals surface area contributed by atoms with Crippen LogP contribution < -0.4 is 5.73 Å². The number of likely N-dealkylation sites (N-methyl/N-ethyl adjacent to an activating group) is 2. The molecular weight excluding hydrogens is 386 g/mol. The maximum absolute atomic E-state index is 5.97. The van der Waals surface area contributed by atoms with E-state index in [1.54, 1.807) is 0 Å². The summed E-state index contributed by atoms with van der Waals surface area (Å²) in [5.74, 6) is 0.905. The van der Waals surface area contributed by atoms with Gasteiger partial charge in [0.25, 0.3) is 0 Å². The zero-order valence-electron chi connectivity index (χ0n) is 12.3. The SMILES string of the molecule is CN(CC1(N(C)C)CCC1)C(CN)c1cc(Br)c(Br)o1. The van der Waals surface area contributed by atoms with Gasteiger partial charge in [0.15, 0.2) is 4.67 Å². The van der Waals surface area contributed by atoms with Crippen molar-refractivity contribution >= 4 is 31.9 Å². The van der Waals surface area contributed by atoms with E-state index in [-0.39, 0.29) is 6.04 Å². The molecule has 0 aromatic carbocycles. The fraction of sp³-hybridized carbons (Fsp3) is 0.714. The van der Waals surface area contributed by atoms with Crippen LogP contribution in [0, 0.1) is 0 Å². The molecule has 20 heavy (non-hydrogen) atoms. The number of rotatable bonds is 6. The first-order chi connectivity index (χ1) is 9.39. The molecule has 1 saturated carbocycles. The molecule has 0 aliphatic heterocycles. The normalized spacial score (nSPS) is 19.4. The third kappa shape index (κ3) is 3.14. The van der Waals surface area contributed by atoms with E-state index in [0.29, 0.717) is 12.1 Å². The average molecular weight is 409 g/mol. The van der Waals surface area contributed by atoms with Gasteiger partial charge < -0.3 is 15.1 Å². The van der Waals surface area contributed by atoms with Gasteiger partial charge in [0, 0.05) is 18.6 Å². The first-order valence-corrected chi connectivity index (χ1v) is 8.51. The lowest BCUT2D eigenvalue weighted by atomic mass is 9.75. The molecular formula is C14H23Br2N3O. The van der Waals surface area contributed by atoms with E-state index in [4.69, 9.17) is 10.2 Å². The molecule has 2 rings (SSSR count). The van der Waals surface area contributed by atoms with Crippen molar-refractivity contribution in [1.82, 2.24) is 9.80 Å². The van der Waals surface area contributed by atoms with Crippen molar-refractivity contribution in [1.29, 1.82) is 0 Å². The van der Waals surface area contributed by atoms with Crippen molar-refractivity contribution in [3.63, 3.8) is 0 Å². The highest BCUT2D eigenvalue weighted by atomic mass is 79.9. The van der Waals surface area contributed by atoms with Gasteiger partial charge in [-0.05, 0) is 78.3 Å². The Hall–Kier alpha value is 0.120. The number of nitrogens with two attached hydrogens (primary N) is 1. The second-order valence-electron chi connectivity index (χ2n) is 5.91. The van der Waals surface area contributed by atoms with Crippen LogP contribution in [0.25, 0.3) is 0 Å². The Labute approximate surface area is 137 Å². The Balaban J connectivity index is 2.11. The summed E-state index contributed by atoms with van der Waals surface area (Å²) in [6, 6.07) is 2.11. The predicted molar refractivity (Wildman–Crippen MR) is 88.8 cm³/mol. The van der Waals surface area contributed by atoms with E-state index in [1.807, 2.05) is 6.07 Å². The molecule has 2 N–H and O–H groups in total. The summed E-state index contributed by atoms with van der Waals surface area (Å²) in [6.45, 7) is 1.56. The van der Waals surface area contributed by atoms with Crippen LogP contribution in [0.15, 0.2) is 19.6 Å². The van der Waals surface area contributed by atoms with Gasteiger partial charge in [-0.1, -0.05) is 0 Å². The van der Waals surface area contributed by atoms with E-state index in [0.717, 1.165) is 21.4 Å². The van der Waals surface area contributed by atoms with Gasteiger partial charge in [-0.3, -0.25) is 4.90 Å². The summed E-state index contributed by atoms with van der Waals surface area (Å²) in [4.78, 5) is 4.67. The Morgan fingerprint density at radius 2 is 2.00 bits per heavy atom. The molecule has 1 atom stereocenters. The molecule has 1 fully saturated rings. The van der Waals surface area contributed by atoms with Gasteiger partial charge >= 0.3 is 0 Å². The number of halogens is 2. The Morgan fingerprint density at radius 3 is 2.35 bits per heavy atom. The molecule has 4 nitrogen and oxygen atoms in total. The van der Waals surface area contributed by atoms with E-state index >= 15 is 0 Å². The summed E-state index contributed by atoms with van der Waals surface area (Å²) in [6.07, 6.45) is 3.83. The lowest BCUT2D eigenvalue weighted by Crippen LogP contribution is -2.57. The Kier molecular flexibility index (Phi) is 5.34. The molecule has 1 heterocycles. The van der Waals surface area contributed by atoms with E-state index in [2.05, 4.69) is 62.8 Å². The van der Waals surface area contributed by atoms with Crippen molar-refractivity contribution in [3.8, 4) is 0 Å². The maximum atomic E-state index is 5.97. The van der Waals surface area contributed by atoms with Gasteiger partial charge in [0.05, 0.1) is 10.5 Å². The van der Waals surface area contributed by atoms with E-state index < -0.39 is 0 Å². The highest BCUT2D eigenvalue weighted by Crippen LogP contribution is 2.39. The second kappa shape index (κ2) is 6.48. The van der Waals surface area contributed by atoms with Crippen LogP contribution in [0.1, 0.15) is 31.1 Å². The van der Waals surface area contributed by atoms with Crippen molar-refractivity contribution in [2.75, 3.05) is 34.2 Å². The minimum atomic E-state index is 0.107. The van der Waals surface area contributed by atoms with Gasteiger partial charge in [-0.25, -0.2) is 0 Å². The quantitative estimate of drug-likeness (QED) is 0.784. The lowest BCUT2D eigenvalue weighted by molar-refractivity contribution is 0.0141. The van der Waals surface area contributed by atoms with Crippen LogP contribution in [-0.4, -0.2) is 49.6 Å². The van der Waals surface area contributed by atoms with Crippen molar-refractivity contribution < 1.29 is 4.42 Å². The molecule has 0 radical (unpaired) electrons. The fourth-order valence-electron chi connectivity index (χ4n) is 2.95. The first-order valence-electron chi connectivity index (χ1n) is 6.92. The second-order valence-corrected chi connectivity index (χ2v) is 7.48. The van der Waals surface area contributed by atoms with Crippen molar-refractivity contribution in [2.45, 2.75) is 30.8 Å². The summed E-state index contributed by atoms with van der Waals surface area (Å²) in [5, 5.41) is 0. The van der Waals surface area contributed by atoms with Crippen molar-refractivity contribution in [3.05, 3.63) is 21.0 Å². The third-order valence-corrected chi connectivity index (χ3v) is 6.23. The van der Waals surface area contributed by atoms with E-state index in [1.165, 1.54) is 19.3 Å². The topological polar surface area (TPSA) is 45.6 Å². The molecule has 1 aromatic rings. The van der Waals surface area contributed by atoms with E-state index in [9.17, 15) is 0 Å². The van der Waals surface area contributed by atoms with Crippen LogP contribution >= 0.6 is 31.9 Å². The highest BCUT2D eigenvalue weighted by molar-refractivity contribution is 9.13. The molecule has 1 aliphatic carbocycles. The molecule has 0 bridgehead atoms. The monoisotopic (exact) mass is 407 g/mol. The Morgan fingerprint density at radius 1 is 1.35 bits per heavy atom. The molecule has 1 unspecified atom stereocenters. The molecule has 1 aliphatic rings. The van der Waals surface area contributed by atoms with Gasteiger partial charge in [-0.15, -0.1) is 0 Å². The van der Waals surface area contributed by atoms with Gasteiger partial charge in [0.1, 0.15) is 5.76 Å². The zero-order valence-corrected chi connectivity index (χ0v) is 15.5. The van der Waals surface area contributed by atoms with Crippen LogP contribution in [-0.2, 0) is 0 Å². The predicted octanol–water partition coefficient (Wildman–Crippen LogP) is 3.22. The number of hydrogen-bond acceptors (Lipinski definition) is 4.